The van der Waals surface area contributed by atoms with Crippen LogP contribution in [-0.4, -0.2) is 47.0 Å². The summed E-state index contributed by atoms with van der Waals surface area (Å²) in [4.78, 5) is 27.8. The number of benzene rings is 3. The SMILES string of the molecule is CCN(CC)CCN(C(=O)c1cc(-c2ccccc2)nc2ccccc12)c1nc2ccc(F)cc2s1. The van der Waals surface area contributed by atoms with Gasteiger partial charge in [-0.25, -0.2) is 14.4 Å². The van der Waals surface area contributed by atoms with Crippen molar-refractivity contribution in [2.45, 2.75) is 13.8 Å². The van der Waals surface area contributed by atoms with Crippen molar-refractivity contribution >= 4 is 43.5 Å². The van der Waals surface area contributed by atoms with Crippen molar-refractivity contribution in [1.82, 2.24) is 14.9 Å². The second-order valence-corrected chi connectivity index (χ2v) is 9.54. The molecule has 0 unspecified atom stereocenters. The molecule has 1 amide bonds. The molecule has 2 aromatic heterocycles. The van der Waals surface area contributed by atoms with Crippen LogP contribution in [0.3, 0.4) is 0 Å². The molecule has 0 aliphatic heterocycles. The monoisotopic (exact) mass is 498 g/mol. The van der Waals surface area contributed by atoms with Gasteiger partial charge in [0.05, 0.1) is 27.0 Å². The number of rotatable bonds is 8. The number of pyridine rings is 1. The van der Waals surface area contributed by atoms with Gasteiger partial charge in [0, 0.05) is 24.0 Å². The van der Waals surface area contributed by atoms with Gasteiger partial charge in [0.2, 0.25) is 0 Å². The second kappa shape index (κ2) is 10.5. The molecule has 0 spiro atoms. The van der Waals surface area contributed by atoms with Crippen molar-refractivity contribution in [2.24, 2.45) is 0 Å². The third kappa shape index (κ3) is 4.85. The van der Waals surface area contributed by atoms with Gasteiger partial charge in [0.1, 0.15) is 5.82 Å². The van der Waals surface area contributed by atoms with Gasteiger partial charge in [0.25, 0.3) is 5.91 Å². The molecule has 0 saturated carbocycles. The maximum atomic E-state index is 14.2. The fourth-order valence-corrected chi connectivity index (χ4v) is 5.34. The van der Waals surface area contributed by atoms with Crippen LogP contribution < -0.4 is 4.90 Å². The van der Waals surface area contributed by atoms with Gasteiger partial charge in [-0.15, -0.1) is 0 Å². The van der Waals surface area contributed by atoms with Gasteiger partial charge in [-0.2, -0.15) is 0 Å². The Hall–Kier alpha value is -3.68. The smallest absolute Gasteiger partial charge is 0.260 e. The molecule has 0 saturated heterocycles. The number of amides is 1. The number of carbonyl (C=O) groups is 1. The minimum atomic E-state index is -0.314. The Morgan fingerprint density at radius 2 is 1.61 bits per heavy atom. The van der Waals surface area contributed by atoms with Gasteiger partial charge >= 0.3 is 0 Å². The highest BCUT2D eigenvalue weighted by Crippen LogP contribution is 2.32. The molecular weight excluding hydrogens is 471 g/mol. The number of hydrogen-bond donors (Lipinski definition) is 0. The summed E-state index contributed by atoms with van der Waals surface area (Å²) in [6.07, 6.45) is 0. The molecule has 0 atom stereocenters. The van der Waals surface area contributed by atoms with Crippen molar-refractivity contribution in [1.29, 1.82) is 0 Å². The summed E-state index contributed by atoms with van der Waals surface area (Å²) in [6, 6.07) is 24.0. The molecule has 0 aliphatic carbocycles. The van der Waals surface area contributed by atoms with Crippen molar-refractivity contribution in [2.75, 3.05) is 31.1 Å². The van der Waals surface area contributed by atoms with E-state index in [0.717, 1.165) is 39.9 Å². The summed E-state index contributed by atoms with van der Waals surface area (Å²) in [5.41, 5.74) is 3.71. The predicted octanol–water partition coefficient (Wildman–Crippen LogP) is 6.64. The average molecular weight is 499 g/mol. The van der Waals surface area contributed by atoms with Gasteiger partial charge in [0.15, 0.2) is 5.13 Å². The number of para-hydroxylation sites is 1. The van der Waals surface area contributed by atoms with Gasteiger partial charge in [-0.3, -0.25) is 9.69 Å². The second-order valence-electron chi connectivity index (χ2n) is 8.53. The summed E-state index contributed by atoms with van der Waals surface area (Å²) in [5, 5.41) is 1.36. The molecule has 5 aromatic rings. The van der Waals surface area contributed by atoms with E-state index in [1.807, 2.05) is 60.7 Å². The van der Waals surface area contributed by atoms with Crippen LogP contribution in [0.4, 0.5) is 9.52 Å². The first-order chi connectivity index (χ1) is 17.6. The topological polar surface area (TPSA) is 49.3 Å². The van der Waals surface area contributed by atoms with Crippen LogP contribution in [-0.2, 0) is 0 Å². The summed E-state index contributed by atoms with van der Waals surface area (Å²) in [7, 11) is 0. The molecule has 0 fully saturated rings. The van der Waals surface area contributed by atoms with Gasteiger partial charge in [-0.05, 0) is 43.4 Å². The minimum Gasteiger partial charge on any atom is -0.302 e. The molecule has 182 valence electrons. The maximum Gasteiger partial charge on any atom is 0.260 e. The van der Waals surface area contributed by atoms with Crippen LogP contribution in [0.2, 0.25) is 0 Å². The lowest BCUT2D eigenvalue weighted by Crippen LogP contribution is -2.39. The first-order valence-corrected chi connectivity index (χ1v) is 12.9. The molecule has 0 bridgehead atoms. The first kappa shape index (κ1) is 24.0. The van der Waals surface area contributed by atoms with E-state index in [1.54, 1.807) is 11.0 Å². The van der Waals surface area contributed by atoms with Crippen LogP contribution in [0.25, 0.3) is 32.4 Å². The highest BCUT2D eigenvalue weighted by atomic mass is 32.1. The Kier molecular flexibility index (Phi) is 7.02. The fraction of sp³-hybridized carbons (Fsp3) is 0.207. The van der Waals surface area contributed by atoms with E-state index >= 15 is 0 Å². The molecule has 0 aliphatic rings. The molecule has 36 heavy (non-hydrogen) atoms. The Morgan fingerprint density at radius 3 is 2.39 bits per heavy atom. The highest BCUT2D eigenvalue weighted by Gasteiger charge is 2.24. The fourth-order valence-electron chi connectivity index (χ4n) is 4.32. The first-order valence-electron chi connectivity index (χ1n) is 12.1. The molecule has 7 heteroatoms. The maximum absolute atomic E-state index is 14.2. The third-order valence-corrected chi connectivity index (χ3v) is 7.41. The van der Waals surface area contributed by atoms with Crippen LogP contribution in [0, 0.1) is 5.82 Å². The zero-order chi connectivity index (χ0) is 25.1. The summed E-state index contributed by atoms with van der Waals surface area (Å²) < 4.78 is 14.6. The number of nitrogens with zero attached hydrogens (tertiary/aromatic N) is 4. The van der Waals surface area contributed by atoms with E-state index in [1.165, 1.54) is 23.5 Å². The molecule has 3 aromatic carbocycles. The standard InChI is InChI=1S/C29H27FN4OS/c1-3-33(4-2)16-17-34(29-32-25-15-14-21(30)18-27(25)36-29)28(35)23-19-26(20-10-6-5-7-11-20)31-24-13-9-8-12-22(23)24/h5-15,18-19H,3-4,16-17H2,1-2H3. The van der Waals surface area contributed by atoms with Crippen LogP contribution in [0.5, 0.6) is 0 Å². The largest absolute Gasteiger partial charge is 0.302 e. The lowest BCUT2D eigenvalue weighted by Gasteiger charge is -2.25. The summed E-state index contributed by atoms with van der Waals surface area (Å²) in [6.45, 7) is 7.18. The number of aromatic nitrogens is 2. The minimum absolute atomic E-state index is 0.141. The zero-order valence-corrected chi connectivity index (χ0v) is 21.1. The number of hydrogen-bond acceptors (Lipinski definition) is 5. The molecular formula is C29H27FN4OS. The van der Waals surface area contributed by atoms with Crippen molar-refractivity contribution in [3.05, 3.63) is 90.2 Å². The number of fused-ring (bicyclic) bond motifs is 2. The summed E-state index contributed by atoms with van der Waals surface area (Å²) in [5.74, 6) is -0.455. The number of likely N-dealkylation sites (N-methyl/N-ethyl adjacent to an activating group) is 1. The molecule has 5 nitrogen and oxygen atoms in total. The molecule has 2 heterocycles. The lowest BCUT2D eigenvalue weighted by molar-refractivity contribution is 0.0985. The van der Waals surface area contributed by atoms with E-state index < -0.39 is 0 Å². The molecule has 0 N–H and O–H groups in total. The number of thiazole rings is 1. The Labute approximate surface area is 213 Å². The van der Waals surface area contributed by atoms with Gasteiger partial charge < -0.3 is 4.90 Å². The third-order valence-electron chi connectivity index (χ3n) is 6.37. The number of anilines is 1. The van der Waals surface area contributed by atoms with Crippen LogP contribution >= 0.6 is 11.3 Å². The van der Waals surface area contributed by atoms with E-state index in [4.69, 9.17) is 9.97 Å². The van der Waals surface area contributed by atoms with Crippen LogP contribution in [0.1, 0.15) is 24.2 Å². The van der Waals surface area contributed by atoms with E-state index in [2.05, 4.69) is 18.7 Å². The zero-order valence-electron chi connectivity index (χ0n) is 20.3. The lowest BCUT2D eigenvalue weighted by atomic mass is 10.0. The normalized spacial score (nSPS) is 11.4. The van der Waals surface area contributed by atoms with Crippen molar-refractivity contribution in [3.63, 3.8) is 0 Å². The van der Waals surface area contributed by atoms with E-state index in [0.29, 0.717) is 29.3 Å². The van der Waals surface area contributed by atoms with Crippen molar-refractivity contribution < 1.29 is 9.18 Å². The number of halogens is 1. The summed E-state index contributed by atoms with van der Waals surface area (Å²) >= 11 is 1.34. The number of carbonyl (C=O) groups excluding carboxylic acids is 1. The van der Waals surface area contributed by atoms with E-state index in [-0.39, 0.29) is 11.7 Å². The van der Waals surface area contributed by atoms with Crippen LogP contribution in [0.15, 0.2) is 78.9 Å². The highest BCUT2D eigenvalue weighted by molar-refractivity contribution is 7.22. The molecule has 5 rings (SSSR count). The average Bonchev–Trinajstić information content (AvgIpc) is 3.33. The Balaban J connectivity index is 1.63. The molecule has 0 radical (unpaired) electrons. The Bertz CT molecular complexity index is 1510. The van der Waals surface area contributed by atoms with E-state index in [9.17, 15) is 9.18 Å². The Morgan fingerprint density at radius 1 is 0.861 bits per heavy atom. The predicted molar refractivity (Wildman–Crippen MR) is 146 cm³/mol. The van der Waals surface area contributed by atoms with Gasteiger partial charge in [-0.1, -0.05) is 73.7 Å². The van der Waals surface area contributed by atoms with Crippen molar-refractivity contribution in [3.8, 4) is 11.3 Å². The quantitative estimate of drug-likeness (QED) is 0.241.